The van der Waals surface area contributed by atoms with Gasteiger partial charge in [0, 0.05) is 19.0 Å². The molecule has 0 bridgehead atoms. The molecule has 0 aliphatic heterocycles. The second-order valence-electron chi connectivity index (χ2n) is 4.15. The van der Waals surface area contributed by atoms with E-state index in [0.717, 1.165) is 0 Å². The fourth-order valence-electron chi connectivity index (χ4n) is 1.70. The molecule has 0 aromatic carbocycles. The molecule has 1 amide bonds. The van der Waals surface area contributed by atoms with Crippen molar-refractivity contribution >= 4 is 11.7 Å². The van der Waals surface area contributed by atoms with Gasteiger partial charge in [0.25, 0.3) is 11.3 Å². The largest absolute Gasteiger partial charge is 0.352 e. The van der Waals surface area contributed by atoms with E-state index in [2.05, 4.69) is 33.5 Å². The molecule has 7 heteroatoms. The van der Waals surface area contributed by atoms with E-state index >= 15 is 0 Å². The molecule has 2 N–H and O–H groups in total. The summed E-state index contributed by atoms with van der Waals surface area (Å²) in [6.45, 7) is 7.50. The number of carbonyl (C=O) groups excluding carboxylic acids is 1. The SMILES string of the molecule is C=CCNC(=O)Cc1cc(=O)n2[nH]c(CC=C)nc2n1. The highest BCUT2D eigenvalue weighted by molar-refractivity contribution is 5.78. The van der Waals surface area contributed by atoms with Crippen LogP contribution in [0.15, 0.2) is 36.2 Å². The van der Waals surface area contributed by atoms with Crippen molar-refractivity contribution in [3.8, 4) is 0 Å². The van der Waals surface area contributed by atoms with Gasteiger partial charge in [-0.1, -0.05) is 12.2 Å². The summed E-state index contributed by atoms with van der Waals surface area (Å²) in [4.78, 5) is 31.8. The van der Waals surface area contributed by atoms with Crippen molar-refractivity contribution in [2.75, 3.05) is 6.54 Å². The highest BCUT2D eigenvalue weighted by Gasteiger charge is 2.10. The van der Waals surface area contributed by atoms with Crippen molar-refractivity contribution in [1.82, 2.24) is 24.9 Å². The van der Waals surface area contributed by atoms with Gasteiger partial charge in [-0.3, -0.25) is 14.7 Å². The first-order chi connectivity index (χ1) is 9.63. The summed E-state index contributed by atoms with van der Waals surface area (Å²) in [5.74, 6) is 0.627. The van der Waals surface area contributed by atoms with Crippen LogP contribution in [0.4, 0.5) is 0 Å². The fourth-order valence-corrected chi connectivity index (χ4v) is 1.70. The van der Waals surface area contributed by atoms with Crippen LogP contribution in [0.2, 0.25) is 0 Å². The van der Waals surface area contributed by atoms with E-state index in [4.69, 9.17) is 0 Å². The first-order valence-electron chi connectivity index (χ1n) is 6.10. The second-order valence-corrected chi connectivity index (χ2v) is 4.15. The number of hydrogen-bond donors (Lipinski definition) is 2. The molecule has 7 nitrogen and oxygen atoms in total. The average molecular weight is 273 g/mol. The Hall–Kier alpha value is -2.70. The fraction of sp³-hybridized carbons (Fsp3) is 0.231. The summed E-state index contributed by atoms with van der Waals surface area (Å²) >= 11 is 0. The number of hydrogen-bond acceptors (Lipinski definition) is 4. The summed E-state index contributed by atoms with van der Waals surface area (Å²) in [7, 11) is 0. The molecular formula is C13H15N5O2. The number of carbonyl (C=O) groups is 1. The minimum absolute atomic E-state index is 0.0310. The third-order valence-corrected chi connectivity index (χ3v) is 2.55. The van der Waals surface area contributed by atoms with Crippen LogP contribution in [0.3, 0.4) is 0 Å². The number of aromatic amines is 1. The Morgan fingerprint density at radius 1 is 1.40 bits per heavy atom. The molecule has 0 unspecified atom stereocenters. The van der Waals surface area contributed by atoms with Crippen LogP contribution in [-0.4, -0.2) is 32.0 Å². The van der Waals surface area contributed by atoms with E-state index in [-0.39, 0.29) is 23.7 Å². The number of aromatic nitrogens is 4. The van der Waals surface area contributed by atoms with Gasteiger partial charge in [0.15, 0.2) is 0 Å². The molecule has 2 aromatic heterocycles. The lowest BCUT2D eigenvalue weighted by molar-refractivity contribution is -0.120. The van der Waals surface area contributed by atoms with Crippen LogP contribution in [0.25, 0.3) is 5.78 Å². The lowest BCUT2D eigenvalue weighted by atomic mass is 10.3. The number of nitrogens with one attached hydrogen (secondary N) is 2. The van der Waals surface area contributed by atoms with Crippen LogP contribution in [-0.2, 0) is 17.6 Å². The maximum Gasteiger partial charge on any atom is 0.274 e. The van der Waals surface area contributed by atoms with Crippen molar-refractivity contribution < 1.29 is 4.79 Å². The number of amides is 1. The van der Waals surface area contributed by atoms with Gasteiger partial charge in [0.05, 0.1) is 12.1 Å². The van der Waals surface area contributed by atoms with E-state index in [9.17, 15) is 9.59 Å². The molecule has 104 valence electrons. The molecule has 0 saturated carbocycles. The van der Waals surface area contributed by atoms with Crippen molar-refractivity contribution in [2.45, 2.75) is 12.8 Å². The Morgan fingerprint density at radius 3 is 2.90 bits per heavy atom. The highest BCUT2D eigenvalue weighted by Crippen LogP contribution is 1.99. The predicted molar refractivity (Wildman–Crippen MR) is 74.4 cm³/mol. The lowest BCUT2D eigenvalue weighted by Gasteiger charge is -2.01. The van der Waals surface area contributed by atoms with Crippen molar-refractivity contribution in [3.63, 3.8) is 0 Å². The van der Waals surface area contributed by atoms with E-state index in [1.54, 1.807) is 12.2 Å². The minimum atomic E-state index is -0.302. The summed E-state index contributed by atoms with van der Waals surface area (Å²) in [6, 6.07) is 1.32. The van der Waals surface area contributed by atoms with Crippen molar-refractivity contribution in [3.05, 3.63) is 53.2 Å². The molecule has 2 aromatic rings. The van der Waals surface area contributed by atoms with Gasteiger partial charge in [-0.15, -0.1) is 13.2 Å². The number of H-pyrrole nitrogens is 1. The van der Waals surface area contributed by atoms with Gasteiger partial charge in [-0.05, 0) is 0 Å². The molecule has 0 saturated heterocycles. The Balaban J connectivity index is 2.27. The van der Waals surface area contributed by atoms with Gasteiger partial charge in [0.2, 0.25) is 5.91 Å². The Morgan fingerprint density at radius 2 is 2.20 bits per heavy atom. The molecular weight excluding hydrogens is 258 g/mol. The average Bonchev–Trinajstić information content (AvgIpc) is 2.80. The van der Waals surface area contributed by atoms with E-state index in [0.29, 0.717) is 24.5 Å². The van der Waals surface area contributed by atoms with Crippen molar-refractivity contribution in [1.29, 1.82) is 0 Å². The third kappa shape index (κ3) is 3.00. The summed E-state index contributed by atoms with van der Waals surface area (Å²) < 4.78 is 1.24. The van der Waals surface area contributed by atoms with Gasteiger partial charge in [-0.25, -0.2) is 4.98 Å². The normalized spacial score (nSPS) is 10.4. The maximum absolute atomic E-state index is 11.9. The molecule has 20 heavy (non-hydrogen) atoms. The smallest absolute Gasteiger partial charge is 0.274 e. The second kappa shape index (κ2) is 5.96. The molecule has 0 fully saturated rings. The summed E-state index contributed by atoms with van der Waals surface area (Å²) in [6.07, 6.45) is 3.80. The van der Waals surface area contributed by atoms with E-state index in [1.165, 1.54) is 10.6 Å². The van der Waals surface area contributed by atoms with Crippen molar-refractivity contribution in [2.24, 2.45) is 0 Å². The van der Waals surface area contributed by atoms with Crippen LogP contribution < -0.4 is 10.9 Å². The summed E-state index contributed by atoms with van der Waals surface area (Å²) in [5, 5.41) is 5.45. The van der Waals surface area contributed by atoms with Gasteiger partial charge in [-0.2, -0.15) is 9.50 Å². The zero-order valence-corrected chi connectivity index (χ0v) is 10.9. The first kappa shape index (κ1) is 13.7. The first-order valence-corrected chi connectivity index (χ1v) is 6.10. The molecule has 0 aliphatic carbocycles. The topological polar surface area (TPSA) is 92.2 Å². The van der Waals surface area contributed by atoms with Gasteiger partial charge >= 0.3 is 0 Å². The zero-order chi connectivity index (χ0) is 14.5. The van der Waals surface area contributed by atoms with Crippen LogP contribution >= 0.6 is 0 Å². The quantitative estimate of drug-likeness (QED) is 0.724. The number of fused-ring (bicyclic) bond motifs is 1. The highest BCUT2D eigenvalue weighted by atomic mass is 16.1. The molecule has 0 radical (unpaired) electrons. The molecule has 0 atom stereocenters. The van der Waals surface area contributed by atoms with Gasteiger partial charge in [0.1, 0.15) is 5.82 Å². The minimum Gasteiger partial charge on any atom is -0.352 e. The number of nitrogens with zero attached hydrogens (tertiary/aromatic N) is 3. The molecule has 0 aliphatic rings. The molecule has 2 heterocycles. The van der Waals surface area contributed by atoms with E-state index in [1.807, 2.05) is 0 Å². The van der Waals surface area contributed by atoms with Crippen LogP contribution in [0, 0.1) is 0 Å². The monoisotopic (exact) mass is 273 g/mol. The van der Waals surface area contributed by atoms with E-state index < -0.39 is 0 Å². The zero-order valence-electron chi connectivity index (χ0n) is 10.9. The lowest BCUT2D eigenvalue weighted by Crippen LogP contribution is -2.26. The maximum atomic E-state index is 11.9. The van der Waals surface area contributed by atoms with Crippen LogP contribution in [0.1, 0.15) is 11.5 Å². The summed E-state index contributed by atoms with van der Waals surface area (Å²) in [5.41, 5.74) is 0.0811. The Labute approximate surface area is 115 Å². The molecule has 2 rings (SSSR count). The third-order valence-electron chi connectivity index (χ3n) is 2.55. The standard InChI is InChI=1S/C13H15N5O2/c1-3-5-10-16-13-15-9(7-11(19)14-6-4-2)8-12(20)18(13)17-10/h3-4,8H,1-2,5-7H2,(H,14,19)(H,15,16,17). The number of allylic oxidation sites excluding steroid dienone is 1. The Kier molecular flexibility index (Phi) is 4.09. The predicted octanol–water partition coefficient (Wildman–Crippen LogP) is -0.00920. The number of rotatable bonds is 6. The Bertz CT molecular complexity index is 713. The molecule has 0 spiro atoms. The van der Waals surface area contributed by atoms with Gasteiger partial charge < -0.3 is 5.32 Å². The van der Waals surface area contributed by atoms with Crippen LogP contribution in [0.5, 0.6) is 0 Å².